The number of carbonyl (C=O) groups excluding carboxylic acids is 3. The van der Waals surface area contributed by atoms with E-state index in [1.165, 1.54) is 6.07 Å². The molecular weight excluding hydrogens is 334 g/mol. The van der Waals surface area contributed by atoms with Crippen LogP contribution in [-0.2, 0) is 19.1 Å². The molecule has 130 valence electrons. The van der Waals surface area contributed by atoms with Gasteiger partial charge in [-0.15, -0.1) is 0 Å². The number of halogens is 1. The molecule has 2 rings (SSSR count). The first kappa shape index (κ1) is 18.3. The normalized spacial score (nSPS) is 19.6. The Balaban J connectivity index is 2.53. The molecule has 2 atom stereocenters. The molecule has 1 aromatic rings. The van der Waals surface area contributed by atoms with Crippen molar-refractivity contribution in [1.29, 1.82) is 0 Å². The Hall–Kier alpha value is -2.08. The molecule has 1 aromatic carbocycles. The summed E-state index contributed by atoms with van der Waals surface area (Å²) in [6.45, 7) is 6.95. The highest BCUT2D eigenvalue weighted by atomic mass is 35.5. The molecule has 0 radical (unpaired) electrons. The molecule has 0 fully saturated rings. The number of fused-ring (bicyclic) bond motifs is 1. The Morgan fingerprint density at radius 2 is 2.00 bits per heavy atom. The Bertz CT molecular complexity index is 667. The van der Waals surface area contributed by atoms with Crippen molar-refractivity contribution >= 4 is 35.6 Å². The summed E-state index contributed by atoms with van der Waals surface area (Å²) in [6.07, 6.45) is -0.0907. The van der Waals surface area contributed by atoms with Crippen molar-refractivity contribution in [2.75, 3.05) is 11.5 Å². The third-order valence-electron chi connectivity index (χ3n) is 3.49. The number of anilines is 1. The Labute approximate surface area is 145 Å². The van der Waals surface area contributed by atoms with Gasteiger partial charge in [0.2, 0.25) is 0 Å². The number of rotatable bonds is 3. The number of amides is 1. The summed E-state index contributed by atoms with van der Waals surface area (Å²) in [6, 6.07) is 3.67. The maximum atomic E-state index is 12.7. The average Bonchev–Trinajstić information content (AvgIpc) is 2.79. The van der Waals surface area contributed by atoms with Crippen molar-refractivity contribution in [3.8, 4) is 0 Å². The maximum Gasteiger partial charge on any atom is 0.415 e. The predicted octanol–water partition coefficient (Wildman–Crippen LogP) is 3.31. The zero-order valence-corrected chi connectivity index (χ0v) is 14.8. The third kappa shape index (κ3) is 3.53. The summed E-state index contributed by atoms with van der Waals surface area (Å²) < 4.78 is 10.4. The molecule has 24 heavy (non-hydrogen) atoms. The van der Waals surface area contributed by atoms with Crippen molar-refractivity contribution in [3.05, 3.63) is 28.8 Å². The molecule has 1 aliphatic rings. The fourth-order valence-electron chi connectivity index (χ4n) is 2.64. The van der Waals surface area contributed by atoms with Crippen LogP contribution >= 0.6 is 11.6 Å². The molecule has 0 N–H and O–H groups in total. The van der Waals surface area contributed by atoms with Gasteiger partial charge in [0, 0.05) is 5.02 Å². The van der Waals surface area contributed by atoms with Gasteiger partial charge in [0.25, 0.3) is 0 Å². The lowest BCUT2D eigenvalue weighted by Crippen LogP contribution is -2.47. The molecule has 0 aliphatic carbocycles. The number of hydrogen-bond acceptors (Lipinski definition) is 5. The molecule has 1 heterocycles. The number of ether oxygens (including phenoxy) is 2. The smallest absolute Gasteiger partial charge is 0.415 e. The van der Waals surface area contributed by atoms with E-state index in [0.717, 1.165) is 4.90 Å². The largest absolute Gasteiger partial charge is 0.464 e. The van der Waals surface area contributed by atoms with Crippen molar-refractivity contribution in [1.82, 2.24) is 0 Å². The lowest BCUT2D eigenvalue weighted by Gasteiger charge is -2.28. The molecule has 7 heteroatoms. The molecule has 0 saturated carbocycles. The number of esters is 1. The van der Waals surface area contributed by atoms with E-state index in [9.17, 15) is 14.4 Å². The first-order valence-corrected chi connectivity index (χ1v) is 8.01. The van der Waals surface area contributed by atoms with E-state index in [1.807, 2.05) is 0 Å². The van der Waals surface area contributed by atoms with E-state index < -0.39 is 29.6 Å². The number of benzene rings is 1. The van der Waals surface area contributed by atoms with Crippen LogP contribution in [-0.4, -0.2) is 36.6 Å². The molecule has 0 bridgehead atoms. The first-order valence-electron chi connectivity index (χ1n) is 7.63. The minimum absolute atomic E-state index is 0.139. The minimum atomic E-state index is -1.11. The number of aldehydes is 1. The summed E-state index contributed by atoms with van der Waals surface area (Å²) in [5.41, 5.74) is 0.166. The van der Waals surface area contributed by atoms with Crippen molar-refractivity contribution in [3.63, 3.8) is 0 Å². The number of hydrogen-bond donors (Lipinski definition) is 0. The predicted molar refractivity (Wildman–Crippen MR) is 89.4 cm³/mol. The van der Waals surface area contributed by atoms with Gasteiger partial charge in [0.1, 0.15) is 11.9 Å². The highest BCUT2D eigenvalue weighted by molar-refractivity contribution is 6.31. The summed E-state index contributed by atoms with van der Waals surface area (Å²) in [7, 11) is 0. The second-order valence-electron chi connectivity index (χ2n) is 6.41. The van der Waals surface area contributed by atoms with Gasteiger partial charge in [-0.25, -0.2) is 9.59 Å². The lowest BCUT2D eigenvalue weighted by atomic mass is 9.96. The van der Waals surface area contributed by atoms with E-state index in [2.05, 4.69) is 0 Å². The SMILES string of the molecule is CCOC(=O)C1C(C=O)c2ccc(Cl)cc2N1C(=O)OC(C)(C)C. The Morgan fingerprint density at radius 1 is 1.33 bits per heavy atom. The molecular formula is C17H20ClNO5. The van der Waals surface area contributed by atoms with E-state index in [0.29, 0.717) is 22.6 Å². The van der Waals surface area contributed by atoms with E-state index in [1.54, 1.807) is 39.8 Å². The zero-order valence-electron chi connectivity index (χ0n) is 14.0. The molecule has 6 nitrogen and oxygen atoms in total. The molecule has 1 amide bonds. The quantitative estimate of drug-likeness (QED) is 0.615. The van der Waals surface area contributed by atoms with Crippen LogP contribution in [0.2, 0.25) is 5.02 Å². The maximum absolute atomic E-state index is 12.7. The third-order valence-corrected chi connectivity index (χ3v) is 3.73. The summed E-state index contributed by atoms with van der Waals surface area (Å²) in [5.74, 6) is -1.49. The minimum Gasteiger partial charge on any atom is -0.464 e. The molecule has 0 spiro atoms. The van der Waals surface area contributed by atoms with E-state index >= 15 is 0 Å². The summed E-state index contributed by atoms with van der Waals surface area (Å²) >= 11 is 6.02. The van der Waals surface area contributed by atoms with Gasteiger partial charge in [-0.05, 0) is 45.4 Å². The fraction of sp³-hybridized carbons (Fsp3) is 0.471. The van der Waals surface area contributed by atoms with Crippen LogP contribution in [0, 0.1) is 0 Å². The van der Waals surface area contributed by atoms with Gasteiger partial charge in [-0.2, -0.15) is 0 Å². The van der Waals surface area contributed by atoms with Crippen LogP contribution in [0.15, 0.2) is 18.2 Å². The van der Waals surface area contributed by atoms with Crippen molar-refractivity contribution in [2.24, 2.45) is 0 Å². The molecule has 1 aliphatic heterocycles. The average molecular weight is 354 g/mol. The van der Waals surface area contributed by atoms with Gasteiger partial charge in [0.15, 0.2) is 6.04 Å². The zero-order chi connectivity index (χ0) is 18.1. The van der Waals surface area contributed by atoms with Gasteiger partial charge >= 0.3 is 12.1 Å². The lowest BCUT2D eigenvalue weighted by molar-refractivity contribution is -0.145. The van der Waals surface area contributed by atoms with Gasteiger partial charge in [0.05, 0.1) is 18.2 Å². The highest BCUT2D eigenvalue weighted by Gasteiger charge is 2.48. The van der Waals surface area contributed by atoms with Crippen LogP contribution in [0.4, 0.5) is 10.5 Å². The van der Waals surface area contributed by atoms with Crippen LogP contribution in [0.1, 0.15) is 39.2 Å². The Kier molecular flexibility index (Phi) is 5.18. The monoisotopic (exact) mass is 353 g/mol. The summed E-state index contributed by atoms with van der Waals surface area (Å²) in [4.78, 5) is 37.8. The second kappa shape index (κ2) is 6.81. The van der Waals surface area contributed by atoms with Crippen LogP contribution in [0.25, 0.3) is 0 Å². The topological polar surface area (TPSA) is 72.9 Å². The van der Waals surface area contributed by atoms with E-state index in [-0.39, 0.29) is 6.61 Å². The van der Waals surface area contributed by atoms with Crippen LogP contribution in [0.3, 0.4) is 0 Å². The van der Waals surface area contributed by atoms with Gasteiger partial charge < -0.3 is 14.3 Å². The fourth-order valence-corrected chi connectivity index (χ4v) is 2.80. The number of nitrogens with zero attached hydrogens (tertiary/aromatic N) is 1. The van der Waals surface area contributed by atoms with Gasteiger partial charge in [-0.3, -0.25) is 4.90 Å². The van der Waals surface area contributed by atoms with E-state index in [4.69, 9.17) is 21.1 Å². The van der Waals surface area contributed by atoms with Crippen LogP contribution < -0.4 is 4.90 Å². The molecule has 2 unspecified atom stereocenters. The standard InChI is InChI=1S/C17H20ClNO5/c1-5-23-15(21)14-12(9-20)11-7-6-10(18)8-13(11)19(14)16(22)24-17(2,3)4/h6-9,12,14H,5H2,1-4H3. The highest BCUT2D eigenvalue weighted by Crippen LogP contribution is 2.42. The van der Waals surface area contributed by atoms with Crippen LogP contribution in [0.5, 0.6) is 0 Å². The van der Waals surface area contributed by atoms with Gasteiger partial charge in [-0.1, -0.05) is 17.7 Å². The number of carbonyl (C=O) groups is 3. The second-order valence-corrected chi connectivity index (χ2v) is 6.85. The van der Waals surface area contributed by atoms with Crippen molar-refractivity contribution < 1.29 is 23.9 Å². The summed E-state index contributed by atoms with van der Waals surface area (Å²) in [5, 5.41) is 0.386. The Morgan fingerprint density at radius 3 is 2.54 bits per heavy atom. The first-order chi connectivity index (χ1) is 11.2. The molecule has 0 aromatic heterocycles. The van der Waals surface area contributed by atoms with Crippen molar-refractivity contribution in [2.45, 2.75) is 45.3 Å². The molecule has 0 saturated heterocycles.